The van der Waals surface area contributed by atoms with Crippen LogP contribution >= 0.6 is 0 Å². The van der Waals surface area contributed by atoms with Gasteiger partial charge >= 0.3 is 0 Å². The number of hydrogen-bond acceptors (Lipinski definition) is 2. The molecule has 3 heteroatoms. The van der Waals surface area contributed by atoms with Gasteiger partial charge in [-0.15, -0.1) is 0 Å². The van der Waals surface area contributed by atoms with Gasteiger partial charge in [-0.2, -0.15) is 0 Å². The van der Waals surface area contributed by atoms with Gasteiger partial charge in [0, 0.05) is 25.6 Å². The average Bonchev–Trinajstić information content (AvgIpc) is 3.17. The van der Waals surface area contributed by atoms with Crippen LogP contribution in [0, 0.1) is 23.7 Å². The highest BCUT2D eigenvalue weighted by molar-refractivity contribution is 5.76. The second-order valence-electron chi connectivity index (χ2n) is 8.26. The number of rotatable bonds is 5. The van der Waals surface area contributed by atoms with E-state index in [1.165, 1.54) is 44.9 Å². The van der Waals surface area contributed by atoms with Gasteiger partial charge in [-0.25, -0.2) is 0 Å². The highest BCUT2D eigenvalue weighted by atomic mass is 16.2. The third kappa shape index (κ3) is 2.81. The maximum Gasteiger partial charge on any atom is 0.222 e. The maximum absolute atomic E-state index is 12.0. The molecular formula is C19H32N2O. The summed E-state index contributed by atoms with van der Waals surface area (Å²) in [5.74, 6) is 4.58. The monoisotopic (exact) mass is 304 g/mol. The van der Waals surface area contributed by atoms with Crippen molar-refractivity contribution in [3.63, 3.8) is 0 Å². The summed E-state index contributed by atoms with van der Waals surface area (Å²) in [6.07, 6.45) is 12.9. The van der Waals surface area contributed by atoms with Crippen LogP contribution in [0.5, 0.6) is 0 Å². The van der Waals surface area contributed by atoms with Crippen molar-refractivity contribution in [2.24, 2.45) is 23.7 Å². The molecule has 22 heavy (non-hydrogen) atoms. The fraction of sp³-hybridized carbons (Fsp3) is 0.947. The summed E-state index contributed by atoms with van der Waals surface area (Å²) in [4.78, 5) is 14.1. The van der Waals surface area contributed by atoms with E-state index in [0.717, 1.165) is 68.6 Å². The molecule has 4 rings (SSSR count). The lowest BCUT2D eigenvalue weighted by molar-refractivity contribution is -0.130. The smallest absolute Gasteiger partial charge is 0.222 e. The minimum atomic E-state index is 0.395. The van der Waals surface area contributed by atoms with Crippen molar-refractivity contribution in [2.45, 2.75) is 70.3 Å². The van der Waals surface area contributed by atoms with Crippen molar-refractivity contribution in [3.05, 3.63) is 0 Å². The maximum atomic E-state index is 12.0. The molecule has 1 heterocycles. The quantitative estimate of drug-likeness (QED) is 0.791. The molecule has 4 fully saturated rings. The summed E-state index contributed by atoms with van der Waals surface area (Å²) in [6.45, 7) is 3.07. The Morgan fingerprint density at radius 1 is 1.00 bits per heavy atom. The predicted octanol–water partition coefficient (Wildman–Crippen LogP) is 3.19. The first-order chi connectivity index (χ1) is 10.8. The van der Waals surface area contributed by atoms with E-state index in [9.17, 15) is 4.79 Å². The normalized spacial score (nSPS) is 41.0. The molecule has 0 aromatic rings. The van der Waals surface area contributed by atoms with Crippen LogP contribution in [0.1, 0.15) is 64.2 Å². The molecule has 124 valence electrons. The SMILES string of the molecule is O=C1CCCCCN1CCCN[C@@H]1C[C@H]2C[C@H]1[C@@H]1CCC[C@H]21. The number of nitrogens with one attached hydrogen (secondary N) is 1. The van der Waals surface area contributed by atoms with Crippen molar-refractivity contribution in [3.8, 4) is 0 Å². The standard InChI is InChI=1S/C19H32N2O/c22-19-8-2-1-3-10-21(19)11-5-9-20-18-13-14-12-17(18)16-7-4-6-15(14)16/h14-18,20H,1-13H2/t14-,15-,16-,17+,18-/m1/s1. The summed E-state index contributed by atoms with van der Waals surface area (Å²) >= 11 is 0. The van der Waals surface area contributed by atoms with Crippen molar-refractivity contribution in [1.82, 2.24) is 10.2 Å². The third-order valence-electron chi connectivity index (χ3n) is 7.11. The summed E-state index contributed by atoms with van der Waals surface area (Å²) in [6, 6.07) is 0.796. The van der Waals surface area contributed by atoms with Gasteiger partial charge in [0.15, 0.2) is 0 Å². The minimum Gasteiger partial charge on any atom is -0.343 e. The zero-order valence-corrected chi connectivity index (χ0v) is 13.9. The van der Waals surface area contributed by atoms with Gasteiger partial charge in [-0.05, 0) is 75.2 Å². The van der Waals surface area contributed by atoms with Gasteiger partial charge in [0.05, 0.1) is 0 Å². The molecule has 4 aliphatic rings. The zero-order valence-electron chi connectivity index (χ0n) is 13.9. The Bertz CT molecular complexity index is 410. The van der Waals surface area contributed by atoms with Gasteiger partial charge in [0.1, 0.15) is 0 Å². The lowest BCUT2D eigenvalue weighted by Gasteiger charge is -2.32. The molecule has 1 N–H and O–H groups in total. The molecule has 3 nitrogen and oxygen atoms in total. The third-order valence-corrected chi connectivity index (χ3v) is 7.11. The highest BCUT2D eigenvalue weighted by Gasteiger charge is 2.53. The zero-order chi connectivity index (χ0) is 14.9. The fourth-order valence-electron chi connectivity index (χ4n) is 6.14. The second-order valence-corrected chi connectivity index (χ2v) is 8.26. The van der Waals surface area contributed by atoms with E-state index in [2.05, 4.69) is 10.2 Å². The molecule has 5 atom stereocenters. The summed E-state index contributed by atoms with van der Waals surface area (Å²) in [5.41, 5.74) is 0. The van der Waals surface area contributed by atoms with Crippen molar-refractivity contribution >= 4 is 5.91 Å². The predicted molar refractivity (Wildman–Crippen MR) is 88.5 cm³/mol. The Morgan fingerprint density at radius 2 is 1.91 bits per heavy atom. The van der Waals surface area contributed by atoms with Crippen LogP contribution in [-0.4, -0.2) is 36.5 Å². The molecule has 0 radical (unpaired) electrons. The number of carbonyl (C=O) groups excluding carboxylic acids is 1. The molecule has 0 aromatic carbocycles. The number of hydrogen-bond donors (Lipinski definition) is 1. The Kier molecular flexibility index (Phi) is 4.43. The van der Waals surface area contributed by atoms with Crippen LogP contribution < -0.4 is 5.32 Å². The van der Waals surface area contributed by atoms with Crippen LogP contribution in [0.4, 0.5) is 0 Å². The van der Waals surface area contributed by atoms with Gasteiger partial charge in [0.2, 0.25) is 5.91 Å². The summed E-state index contributed by atoms with van der Waals surface area (Å²) in [7, 11) is 0. The van der Waals surface area contributed by atoms with Gasteiger partial charge in [-0.1, -0.05) is 12.8 Å². The van der Waals surface area contributed by atoms with Gasteiger partial charge in [0.25, 0.3) is 0 Å². The number of carbonyl (C=O) groups is 1. The number of fused-ring (bicyclic) bond motifs is 5. The average molecular weight is 304 g/mol. The molecule has 1 amide bonds. The molecular weight excluding hydrogens is 272 g/mol. The first kappa shape index (κ1) is 15.0. The van der Waals surface area contributed by atoms with Crippen LogP contribution in [0.3, 0.4) is 0 Å². The van der Waals surface area contributed by atoms with E-state index >= 15 is 0 Å². The molecule has 1 aliphatic heterocycles. The van der Waals surface area contributed by atoms with Gasteiger partial charge < -0.3 is 10.2 Å². The molecule has 2 bridgehead atoms. The molecule has 3 aliphatic carbocycles. The molecule has 3 saturated carbocycles. The Labute approximate surface area is 135 Å². The van der Waals surface area contributed by atoms with E-state index in [-0.39, 0.29) is 0 Å². The Morgan fingerprint density at radius 3 is 2.86 bits per heavy atom. The van der Waals surface area contributed by atoms with E-state index < -0.39 is 0 Å². The lowest BCUT2D eigenvalue weighted by Crippen LogP contribution is -2.41. The fourth-order valence-corrected chi connectivity index (χ4v) is 6.14. The molecule has 0 unspecified atom stereocenters. The molecule has 0 spiro atoms. The largest absolute Gasteiger partial charge is 0.343 e. The van der Waals surface area contributed by atoms with E-state index in [4.69, 9.17) is 0 Å². The van der Waals surface area contributed by atoms with Crippen LogP contribution in [-0.2, 0) is 4.79 Å². The van der Waals surface area contributed by atoms with Crippen molar-refractivity contribution < 1.29 is 4.79 Å². The first-order valence-corrected chi connectivity index (χ1v) is 9.84. The Hall–Kier alpha value is -0.570. The highest BCUT2D eigenvalue weighted by Crippen LogP contribution is 2.58. The molecule has 1 saturated heterocycles. The number of likely N-dealkylation sites (tertiary alicyclic amines) is 1. The summed E-state index contributed by atoms with van der Waals surface area (Å²) in [5, 5.41) is 3.86. The van der Waals surface area contributed by atoms with Gasteiger partial charge in [-0.3, -0.25) is 4.79 Å². The van der Waals surface area contributed by atoms with Crippen LogP contribution in [0.2, 0.25) is 0 Å². The van der Waals surface area contributed by atoms with Crippen LogP contribution in [0.25, 0.3) is 0 Å². The number of nitrogens with zero attached hydrogens (tertiary/aromatic N) is 1. The molecule has 0 aromatic heterocycles. The lowest BCUT2D eigenvalue weighted by atomic mass is 9.79. The van der Waals surface area contributed by atoms with Crippen molar-refractivity contribution in [2.75, 3.05) is 19.6 Å². The first-order valence-electron chi connectivity index (χ1n) is 9.84. The Balaban J connectivity index is 1.19. The topological polar surface area (TPSA) is 32.3 Å². The van der Waals surface area contributed by atoms with E-state index in [1.54, 1.807) is 0 Å². The van der Waals surface area contributed by atoms with E-state index in [0.29, 0.717) is 5.91 Å². The second kappa shape index (κ2) is 6.51. The minimum absolute atomic E-state index is 0.395. The van der Waals surface area contributed by atoms with E-state index in [1.807, 2.05) is 0 Å². The number of amides is 1. The van der Waals surface area contributed by atoms with Crippen molar-refractivity contribution in [1.29, 1.82) is 0 Å². The summed E-state index contributed by atoms with van der Waals surface area (Å²) < 4.78 is 0. The van der Waals surface area contributed by atoms with Crippen LogP contribution in [0.15, 0.2) is 0 Å².